The van der Waals surface area contributed by atoms with Crippen molar-refractivity contribution in [2.24, 2.45) is 0 Å². The molecule has 3 aromatic rings. The smallest absolute Gasteiger partial charge is 0.256 e. The first kappa shape index (κ1) is 15.0. The summed E-state index contributed by atoms with van der Waals surface area (Å²) < 4.78 is 14.8. The van der Waals surface area contributed by atoms with Crippen molar-refractivity contribution in [1.29, 1.82) is 0 Å². The zero-order chi connectivity index (χ0) is 16.2. The van der Waals surface area contributed by atoms with Crippen molar-refractivity contribution in [3.05, 3.63) is 83.4 Å². The van der Waals surface area contributed by atoms with Crippen LogP contribution in [0.25, 0.3) is 0 Å². The minimum atomic E-state index is -0.275. The molecule has 2 aromatic carbocycles. The van der Waals surface area contributed by atoms with Gasteiger partial charge in [0.1, 0.15) is 5.82 Å². The molecule has 1 amide bonds. The van der Waals surface area contributed by atoms with Crippen molar-refractivity contribution in [2.75, 3.05) is 5.32 Å². The molecule has 116 valence electrons. The number of nitrogens with one attached hydrogen (secondary N) is 1. The molecule has 0 saturated carbocycles. The Morgan fingerprint density at radius 1 is 1.22 bits per heavy atom. The maximum absolute atomic E-state index is 13.2. The highest BCUT2D eigenvalue weighted by molar-refractivity contribution is 6.05. The number of aryl methyl sites for hydroxylation is 1. The Morgan fingerprint density at radius 2 is 2.04 bits per heavy atom. The third-order valence-electron chi connectivity index (χ3n) is 3.51. The van der Waals surface area contributed by atoms with E-state index in [1.807, 2.05) is 31.2 Å². The van der Waals surface area contributed by atoms with Crippen LogP contribution in [0.5, 0.6) is 0 Å². The third-order valence-corrected chi connectivity index (χ3v) is 3.51. The number of rotatable bonds is 4. The second-order valence-corrected chi connectivity index (χ2v) is 5.33. The van der Waals surface area contributed by atoms with Crippen LogP contribution in [0.2, 0.25) is 0 Å². The Kier molecular flexibility index (Phi) is 4.19. The zero-order valence-electron chi connectivity index (χ0n) is 12.7. The Labute approximate surface area is 133 Å². The van der Waals surface area contributed by atoms with E-state index in [1.165, 1.54) is 12.1 Å². The van der Waals surface area contributed by atoms with Gasteiger partial charge in [-0.15, -0.1) is 0 Å². The number of amides is 1. The molecule has 1 heterocycles. The highest BCUT2D eigenvalue weighted by Gasteiger charge is 2.09. The highest BCUT2D eigenvalue weighted by Crippen LogP contribution is 2.13. The Balaban J connectivity index is 1.70. The summed E-state index contributed by atoms with van der Waals surface area (Å²) in [4.78, 5) is 12.2. The lowest BCUT2D eigenvalue weighted by atomic mass is 10.1. The van der Waals surface area contributed by atoms with Crippen molar-refractivity contribution in [3.63, 3.8) is 0 Å². The average molecular weight is 309 g/mol. The van der Waals surface area contributed by atoms with E-state index in [-0.39, 0.29) is 11.7 Å². The minimum absolute atomic E-state index is 0.173. The number of carbonyl (C=O) groups is 1. The molecule has 3 rings (SSSR count). The summed E-state index contributed by atoms with van der Waals surface area (Å²) in [6, 6.07) is 13.8. The van der Waals surface area contributed by atoms with Crippen LogP contribution in [0, 0.1) is 12.7 Å². The molecular weight excluding hydrogens is 293 g/mol. The first-order chi connectivity index (χ1) is 11.1. The third kappa shape index (κ3) is 3.63. The summed E-state index contributed by atoms with van der Waals surface area (Å²) in [6.07, 6.45) is 3.30. The molecule has 1 aromatic heterocycles. The van der Waals surface area contributed by atoms with Gasteiger partial charge in [0.2, 0.25) is 0 Å². The Hall–Kier alpha value is -2.95. The average Bonchev–Trinajstić information content (AvgIpc) is 2.94. The maximum atomic E-state index is 13.2. The number of aromatic nitrogens is 2. The van der Waals surface area contributed by atoms with Gasteiger partial charge in [0.05, 0.1) is 18.4 Å². The van der Waals surface area contributed by atoms with Gasteiger partial charge in [0, 0.05) is 11.8 Å². The van der Waals surface area contributed by atoms with Crippen molar-refractivity contribution < 1.29 is 9.18 Å². The van der Waals surface area contributed by atoms with E-state index in [0.717, 1.165) is 11.1 Å². The fourth-order valence-electron chi connectivity index (χ4n) is 2.36. The fraction of sp³-hybridized carbons (Fsp3) is 0.111. The fourth-order valence-corrected chi connectivity index (χ4v) is 2.36. The van der Waals surface area contributed by atoms with E-state index in [4.69, 9.17) is 0 Å². The van der Waals surface area contributed by atoms with Crippen molar-refractivity contribution in [1.82, 2.24) is 9.78 Å². The quantitative estimate of drug-likeness (QED) is 0.800. The van der Waals surface area contributed by atoms with Gasteiger partial charge in [-0.25, -0.2) is 4.39 Å². The SMILES string of the molecule is Cc1ccccc1C(=O)Nc1cnn(Cc2cccc(F)c2)c1. The molecule has 0 atom stereocenters. The van der Waals surface area contributed by atoms with Crippen molar-refractivity contribution >= 4 is 11.6 Å². The van der Waals surface area contributed by atoms with E-state index < -0.39 is 0 Å². The molecule has 0 aliphatic carbocycles. The molecule has 0 unspecified atom stereocenters. The lowest BCUT2D eigenvalue weighted by Gasteiger charge is -2.05. The molecule has 4 nitrogen and oxygen atoms in total. The summed E-state index contributed by atoms with van der Waals surface area (Å²) in [5.74, 6) is -0.448. The van der Waals surface area contributed by atoms with E-state index in [0.29, 0.717) is 17.8 Å². The predicted octanol–water partition coefficient (Wildman–Crippen LogP) is 3.63. The second kappa shape index (κ2) is 6.44. The lowest BCUT2D eigenvalue weighted by Crippen LogP contribution is -2.12. The topological polar surface area (TPSA) is 46.9 Å². The molecule has 0 radical (unpaired) electrons. The summed E-state index contributed by atoms with van der Waals surface area (Å²) in [6.45, 7) is 2.33. The van der Waals surface area contributed by atoms with E-state index in [9.17, 15) is 9.18 Å². The Morgan fingerprint density at radius 3 is 2.83 bits per heavy atom. The predicted molar refractivity (Wildman–Crippen MR) is 86.9 cm³/mol. The minimum Gasteiger partial charge on any atom is -0.319 e. The number of benzene rings is 2. The number of anilines is 1. The molecule has 0 aliphatic heterocycles. The van der Waals surface area contributed by atoms with Gasteiger partial charge in [-0.1, -0.05) is 30.3 Å². The van der Waals surface area contributed by atoms with E-state index in [1.54, 1.807) is 29.2 Å². The zero-order valence-corrected chi connectivity index (χ0v) is 12.7. The van der Waals surface area contributed by atoms with Gasteiger partial charge in [-0.2, -0.15) is 5.10 Å². The maximum Gasteiger partial charge on any atom is 0.256 e. The molecule has 0 spiro atoms. The van der Waals surface area contributed by atoms with Crippen LogP contribution >= 0.6 is 0 Å². The monoisotopic (exact) mass is 309 g/mol. The summed E-state index contributed by atoms with van der Waals surface area (Å²) in [5.41, 5.74) is 2.96. The first-order valence-corrected chi connectivity index (χ1v) is 7.26. The lowest BCUT2D eigenvalue weighted by molar-refractivity contribution is 0.102. The van der Waals surface area contributed by atoms with Crippen LogP contribution in [-0.4, -0.2) is 15.7 Å². The largest absolute Gasteiger partial charge is 0.319 e. The number of halogens is 1. The van der Waals surface area contributed by atoms with Crippen molar-refractivity contribution in [3.8, 4) is 0 Å². The number of hydrogen-bond acceptors (Lipinski definition) is 2. The van der Waals surface area contributed by atoms with Crippen LogP contribution in [0.1, 0.15) is 21.5 Å². The van der Waals surface area contributed by atoms with Crippen LogP contribution < -0.4 is 5.32 Å². The molecule has 0 saturated heterocycles. The number of carbonyl (C=O) groups excluding carboxylic acids is 1. The van der Waals surface area contributed by atoms with Crippen molar-refractivity contribution in [2.45, 2.75) is 13.5 Å². The van der Waals surface area contributed by atoms with E-state index >= 15 is 0 Å². The van der Waals surface area contributed by atoms with Crippen LogP contribution in [0.3, 0.4) is 0 Å². The number of nitrogens with zero attached hydrogens (tertiary/aromatic N) is 2. The molecule has 0 fully saturated rings. The summed E-state index contributed by atoms with van der Waals surface area (Å²) in [5, 5.41) is 7.01. The summed E-state index contributed by atoms with van der Waals surface area (Å²) in [7, 11) is 0. The van der Waals surface area contributed by atoms with Gasteiger partial charge >= 0.3 is 0 Å². The van der Waals surface area contributed by atoms with Gasteiger partial charge in [0.25, 0.3) is 5.91 Å². The Bertz CT molecular complexity index is 842. The molecular formula is C18H16FN3O. The van der Waals surface area contributed by atoms with Gasteiger partial charge in [-0.3, -0.25) is 9.48 Å². The first-order valence-electron chi connectivity index (χ1n) is 7.26. The van der Waals surface area contributed by atoms with Crippen LogP contribution in [0.4, 0.5) is 10.1 Å². The standard InChI is InChI=1S/C18H16FN3O/c1-13-5-2-3-8-17(13)18(23)21-16-10-20-22(12-16)11-14-6-4-7-15(19)9-14/h2-10,12H,11H2,1H3,(H,21,23). The number of hydrogen-bond donors (Lipinski definition) is 1. The van der Waals surface area contributed by atoms with Crippen LogP contribution in [-0.2, 0) is 6.54 Å². The summed E-state index contributed by atoms with van der Waals surface area (Å²) >= 11 is 0. The molecule has 5 heteroatoms. The van der Waals surface area contributed by atoms with Crippen LogP contribution in [0.15, 0.2) is 60.9 Å². The normalized spacial score (nSPS) is 10.5. The molecule has 0 aliphatic rings. The second-order valence-electron chi connectivity index (χ2n) is 5.33. The molecule has 0 bridgehead atoms. The van der Waals surface area contributed by atoms with E-state index in [2.05, 4.69) is 10.4 Å². The highest BCUT2D eigenvalue weighted by atomic mass is 19.1. The molecule has 1 N–H and O–H groups in total. The van der Waals surface area contributed by atoms with Gasteiger partial charge in [-0.05, 0) is 36.2 Å². The van der Waals surface area contributed by atoms with Gasteiger partial charge < -0.3 is 5.32 Å². The molecule has 23 heavy (non-hydrogen) atoms. The van der Waals surface area contributed by atoms with Gasteiger partial charge in [0.15, 0.2) is 0 Å².